The summed E-state index contributed by atoms with van der Waals surface area (Å²) < 4.78 is 15.6. The third kappa shape index (κ3) is 5.30. The summed E-state index contributed by atoms with van der Waals surface area (Å²) in [6.45, 7) is 2.06. The summed E-state index contributed by atoms with van der Waals surface area (Å²) in [5, 5.41) is 3.26. The Morgan fingerprint density at radius 3 is 2.88 bits per heavy atom. The van der Waals surface area contributed by atoms with Gasteiger partial charge in [-0.3, -0.25) is 0 Å². The molecule has 4 nitrogen and oxygen atoms in total. The Hall–Kier alpha value is -0.840. The van der Waals surface area contributed by atoms with Crippen molar-refractivity contribution in [1.82, 2.24) is 5.32 Å². The summed E-state index contributed by atoms with van der Waals surface area (Å²) in [4.78, 5) is 0. The molecule has 1 heterocycles. The topological polar surface area (TPSA) is 43.6 Å². The largest absolute Gasteiger partial charge is 0.469 e. The van der Waals surface area contributed by atoms with Crippen molar-refractivity contribution in [3.05, 3.63) is 24.2 Å². The molecule has 0 amide bonds. The minimum absolute atomic E-state index is 0.397. The smallest absolute Gasteiger partial charge is 0.105 e. The molecule has 0 spiro atoms. The molecule has 0 bridgehead atoms. The molecule has 0 saturated heterocycles. The lowest BCUT2D eigenvalue weighted by Crippen LogP contribution is -2.29. The second-order valence-corrected chi connectivity index (χ2v) is 3.66. The normalized spacial score (nSPS) is 12.9. The van der Waals surface area contributed by atoms with Crippen molar-refractivity contribution in [2.75, 3.05) is 34.0 Å². The maximum absolute atomic E-state index is 5.43. The van der Waals surface area contributed by atoms with Crippen LogP contribution in [-0.4, -0.2) is 40.0 Å². The second kappa shape index (κ2) is 8.33. The lowest BCUT2D eigenvalue weighted by atomic mass is 10.1. The van der Waals surface area contributed by atoms with Crippen LogP contribution in [0.25, 0.3) is 0 Å². The molecule has 1 aromatic heterocycles. The minimum atomic E-state index is 0.397. The molecule has 1 N–H and O–H groups in total. The quantitative estimate of drug-likeness (QED) is 0.649. The number of nitrogens with one attached hydrogen (secondary N) is 1. The Morgan fingerprint density at radius 2 is 2.25 bits per heavy atom. The van der Waals surface area contributed by atoms with Crippen LogP contribution in [0.2, 0.25) is 0 Å². The Kier molecular flexibility index (Phi) is 6.88. The van der Waals surface area contributed by atoms with Gasteiger partial charge < -0.3 is 19.2 Å². The fourth-order valence-corrected chi connectivity index (χ4v) is 1.49. The zero-order chi connectivity index (χ0) is 11.6. The molecule has 16 heavy (non-hydrogen) atoms. The molecule has 0 aliphatic carbocycles. The molecular formula is C12H21NO3. The van der Waals surface area contributed by atoms with Crippen LogP contribution in [0.4, 0.5) is 0 Å². The van der Waals surface area contributed by atoms with E-state index in [1.807, 2.05) is 19.2 Å². The van der Waals surface area contributed by atoms with E-state index >= 15 is 0 Å². The summed E-state index contributed by atoms with van der Waals surface area (Å²) in [7, 11) is 3.64. The van der Waals surface area contributed by atoms with Crippen LogP contribution in [0, 0.1) is 0 Å². The van der Waals surface area contributed by atoms with Crippen molar-refractivity contribution in [3.8, 4) is 0 Å². The average Bonchev–Trinajstić information content (AvgIpc) is 2.80. The van der Waals surface area contributed by atoms with E-state index in [1.165, 1.54) is 0 Å². The summed E-state index contributed by atoms with van der Waals surface area (Å²) in [5.74, 6) is 1.01. The molecule has 1 rings (SSSR count). The molecule has 4 heteroatoms. The van der Waals surface area contributed by atoms with Gasteiger partial charge in [0.15, 0.2) is 0 Å². The summed E-state index contributed by atoms with van der Waals surface area (Å²) in [6, 6.07) is 4.31. The number of hydrogen-bond acceptors (Lipinski definition) is 4. The van der Waals surface area contributed by atoms with Gasteiger partial charge in [0.25, 0.3) is 0 Å². The molecule has 0 aliphatic heterocycles. The second-order valence-electron chi connectivity index (χ2n) is 3.66. The summed E-state index contributed by atoms with van der Waals surface area (Å²) in [6.07, 6.45) is 3.58. The zero-order valence-corrected chi connectivity index (χ0v) is 10.1. The first-order valence-electron chi connectivity index (χ1n) is 5.63. The predicted molar refractivity (Wildman–Crippen MR) is 62.6 cm³/mol. The highest BCUT2D eigenvalue weighted by Gasteiger charge is 2.08. The number of rotatable bonds is 9. The Morgan fingerprint density at radius 1 is 1.38 bits per heavy atom. The summed E-state index contributed by atoms with van der Waals surface area (Å²) >= 11 is 0. The van der Waals surface area contributed by atoms with Crippen LogP contribution in [0.5, 0.6) is 0 Å². The van der Waals surface area contributed by atoms with Crippen molar-refractivity contribution in [1.29, 1.82) is 0 Å². The molecular weight excluding hydrogens is 206 g/mol. The van der Waals surface area contributed by atoms with E-state index < -0.39 is 0 Å². The van der Waals surface area contributed by atoms with Gasteiger partial charge in [-0.2, -0.15) is 0 Å². The van der Waals surface area contributed by atoms with Crippen LogP contribution in [0.15, 0.2) is 22.8 Å². The van der Waals surface area contributed by atoms with Crippen molar-refractivity contribution < 1.29 is 13.9 Å². The minimum Gasteiger partial charge on any atom is -0.469 e. The molecule has 1 aromatic rings. The van der Waals surface area contributed by atoms with E-state index in [2.05, 4.69) is 5.32 Å². The van der Waals surface area contributed by atoms with E-state index in [0.717, 1.165) is 25.2 Å². The van der Waals surface area contributed by atoms with Gasteiger partial charge in [0, 0.05) is 26.2 Å². The van der Waals surface area contributed by atoms with Crippen molar-refractivity contribution >= 4 is 0 Å². The number of likely N-dealkylation sites (N-methyl/N-ethyl adjacent to an activating group) is 1. The van der Waals surface area contributed by atoms with Gasteiger partial charge in [-0.1, -0.05) is 0 Å². The van der Waals surface area contributed by atoms with Crippen LogP contribution in [0.1, 0.15) is 12.2 Å². The third-order valence-electron chi connectivity index (χ3n) is 2.48. The molecule has 92 valence electrons. The maximum Gasteiger partial charge on any atom is 0.105 e. The molecule has 1 unspecified atom stereocenters. The first kappa shape index (κ1) is 13.2. The molecule has 0 saturated carbocycles. The predicted octanol–water partition coefficient (Wildman–Crippen LogP) is 1.46. The Balaban J connectivity index is 2.12. The lowest BCUT2D eigenvalue weighted by molar-refractivity contribution is 0.0659. The molecule has 0 aromatic carbocycles. The van der Waals surface area contributed by atoms with E-state index in [1.54, 1.807) is 13.4 Å². The van der Waals surface area contributed by atoms with Crippen molar-refractivity contribution in [2.24, 2.45) is 0 Å². The van der Waals surface area contributed by atoms with Gasteiger partial charge in [-0.25, -0.2) is 0 Å². The van der Waals surface area contributed by atoms with Gasteiger partial charge in [-0.05, 0) is 25.6 Å². The molecule has 0 aliphatic rings. The molecule has 1 atom stereocenters. The third-order valence-corrected chi connectivity index (χ3v) is 2.48. The highest BCUT2D eigenvalue weighted by molar-refractivity contribution is 5.00. The van der Waals surface area contributed by atoms with Gasteiger partial charge in [0.1, 0.15) is 5.76 Å². The van der Waals surface area contributed by atoms with Crippen LogP contribution in [-0.2, 0) is 15.9 Å². The Bertz CT molecular complexity index is 249. The Labute approximate surface area is 96.9 Å². The lowest BCUT2D eigenvalue weighted by Gasteiger charge is -2.14. The molecule has 0 fully saturated rings. The fraction of sp³-hybridized carbons (Fsp3) is 0.667. The van der Waals surface area contributed by atoms with Gasteiger partial charge >= 0.3 is 0 Å². The zero-order valence-electron chi connectivity index (χ0n) is 10.1. The number of hydrogen-bond donors (Lipinski definition) is 1. The van der Waals surface area contributed by atoms with E-state index in [-0.39, 0.29) is 0 Å². The number of methoxy groups -OCH3 is 1. The van der Waals surface area contributed by atoms with E-state index in [4.69, 9.17) is 13.9 Å². The van der Waals surface area contributed by atoms with Crippen molar-refractivity contribution in [2.45, 2.75) is 18.9 Å². The SMILES string of the molecule is CNC(CCOCCOC)Cc1ccco1. The van der Waals surface area contributed by atoms with Crippen LogP contribution in [0.3, 0.4) is 0 Å². The monoisotopic (exact) mass is 227 g/mol. The molecule has 0 radical (unpaired) electrons. The van der Waals surface area contributed by atoms with Crippen LogP contribution < -0.4 is 5.32 Å². The highest BCUT2D eigenvalue weighted by atomic mass is 16.5. The van der Waals surface area contributed by atoms with E-state index in [9.17, 15) is 0 Å². The number of furan rings is 1. The maximum atomic E-state index is 5.43. The van der Waals surface area contributed by atoms with Gasteiger partial charge in [-0.15, -0.1) is 0 Å². The number of ether oxygens (including phenoxy) is 2. The van der Waals surface area contributed by atoms with Gasteiger partial charge in [0.05, 0.1) is 19.5 Å². The first-order valence-corrected chi connectivity index (χ1v) is 5.63. The van der Waals surface area contributed by atoms with Crippen molar-refractivity contribution in [3.63, 3.8) is 0 Å². The highest BCUT2D eigenvalue weighted by Crippen LogP contribution is 2.06. The van der Waals surface area contributed by atoms with Gasteiger partial charge in [0.2, 0.25) is 0 Å². The average molecular weight is 227 g/mol. The van der Waals surface area contributed by atoms with E-state index in [0.29, 0.717) is 19.3 Å². The first-order chi connectivity index (χ1) is 7.86. The standard InChI is InChI=1S/C12H21NO3/c1-13-11(5-7-15-9-8-14-2)10-12-4-3-6-16-12/h3-4,6,11,13H,5,7-10H2,1-2H3. The summed E-state index contributed by atoms with van der Waals surface area (Å²) in [5.41, 5.74) is 0. The van der Waals surface area contributed by atoms with Crippen LogP contribution >= 0.6 is 0 Å². The fourth-order valence-electron chi connectivity index (χ4n) is 1.49.